The van der Waals surface area contributed by atoms with Crippen LogP contribution in [0.2, 0.25) is 10.0 Å². The summed E-state index contributed by atoms with van der Waals surface area (Å²) in [5.41, 5.74) is 0.513. The summed E-state index contributed by atoms with van der Waals surface area (Å²) < 4.78 is 5.05. The minimum absolute atomic E-state index is 0.302. The van der Waals surface area contributed by atoms with E-state index in [1.165, 1.54) is 12.0 Å². The van der Waals surface area contributed by atoms with Crippen LogP contribution in [0, 0.1) is 0 Å². The zero-order valence-electron chi connectivity index (χ0n) is 11.3. The summed E-state index contributed by atoms with van der Waals surface area (Å²) >= 11 is 13.7. The molecule has 0 radical (unpaired) electrons. The van der Waals surface area contributed by atoms with Gasteiger partial charge in [0.1, 0.15) is 0 Å². The maximum absolute atomic E-state index is 11.8. The normalized spacial score (nSPS) is 10.2. The molecule has 0 aliphatic rings. The summed E-state index contributed by atoms with van der Waals surface area (Å²) in [6, 6.07) is 6.90. The molecule has 4 nitrogen and oxygen atoms in total. The van der Waals surface area contributed by atoms with Crippen molar-refractivity contribution in [1.29, 1.82) is 0 Å². The van der Waals surface area contributed by atoms with Crippen molar-refractivity contribution in [2.75, 3.05) is 19.0 Å². The Morgan fingerprint density at radius 1 is 1.33 bits per heavy atom. The van der Waals surface area contributed by atoms with Crippen molar-refractivity contribution in [3.8, 4) is 5.75 Å². The van der Waals surface area contributed by atoms with E-state index < -0.39 is 0 Å². The summed E-state index contributed by atoms with van der Waals surface area (Å²) in [6.45, 7) is 0.559. The Bertz CT molecular complexity index is 594. The number of carbonyl (C=O) groups excluding carboxylic acids is 1. The van der Waals surface area contributed by atoms with Gasteiger partial charge < -0.3 is 15.4 Å². The quantitative estimate of drug-likeness (QED) is 0.842. The van der Waals surface area contributed by atoms with Crippen LogP contribution in [0.5, 0.6) is 5.75 Å². The number of urea groups is 1. The number of anilines is 1. The lowest BCUT2D eigenvalue weighted by atomic mass is 10.3. The fourth-order valence-electron chi connectivity index (χ4n) is 1.76. The third kappa shape index (κ3) is 4.52. The van der Waals surface area contributed by atoms with Gasteiger partial charge in [0.15, 0.2) is 5.75 Å². The number of benzene rings is 1. The van der Waals surface area contributed by atoms with E-state index in [0.717, 1.165) is 6.42 Å². The van der Waals surface area contributed by atoms with Gasteiger partial charge in [-0.3, -0.25) is 0 Å². The van der Waals surface area contributed by atoms with Gasteiger partial charge in [-0.2, -0.15) is 0 Å². The molecule has 2 aromatic rings. The predicted octanol–water partition coefficient (Wildman–Crippen LogP) is 4.43. The first-order valence-corrected chi connectivity index (χ1v) is 7.84. The monoisotopic (exact) mass is 344 g/mol. The van der Waals surface area contributed by atoms with Gasteiger partial charge in [0.2, 0.25) is 0 Å². The molecule has 0 saturated carbocycles. The number of hydrogen-bond donors (Lipinski definition) is 2. The van der Waals surface area contributed by atoms with E-state index >= 15 is 0 Å². The minimum Gasteiger partial charge on any atom is -0.494 e. The standard InChI is InChI=1S/C14H14Cl2N2O2S/c1-20-13-11(15)7-9(8-12(13)16)18-14(19)17-5-4-10-3-2-6-21-10/h2-3,6-8H,4-5H2,1H3,(H2,17,18,19). The minimum atomic E-state index is -0.302. The van der Waals surface area contributed by atoms with Gasteiger partial charge in [0, 0.05) is 17.1 Å². The average Bonchev–Trinajstić information content (AvgIpc) is 2.91. The van der Waals surface area contributed by atoms with Gasteiger partial charge in [0.25, 0.3) is 0 Å². The number of methoxy groups -OCH3 is 1. The highest BCUT2D eigenvalue weighted by atomic mass is 35.5. The molecule has 2 N–H and O–H groups in total. The van der Waals surface area contributed by atoms with Crippen molar-refractivity contribution in [2.45, 2.75) is 6.42 Å². The number of rotatable bonds is 5. The highest BCUT2D eigenvalue weighted by Gasteiger charge is 2.10. The second-order valence-electron chi connectivity index (χ2n) is 4.18. The van der Waals surface area contributed by atoms with Crippen molar-refractivity contribution in [1.82, 2.24) is 5.32 Å². The van der Waals surface area contributed by atoms with Crippen LogP contribution < -0.4 is 15.4 Å². The summed E-state index contributed by atoms with van der Waals surface area (Å²) in [5.74, 6) is 0.391. The number of amides is 2. The van der Waals surface area contributed by atoms with E-state index in [9.17, 15) is 4.79 Å². The van der Waals surface area contributed by atoms with Crippen LogP contribution in [0.3, 0.4) is 0 Å². The first-order valence-electron chi connectivity index (χ1n) is 6.20. The van der Waals surface area contributed by atoms with Crippen LogP contribution in [-0.4, -0.2) is 19.7 Å². The van der Waals surface area contributed by atoms with Crippen molar-refractivity contribution in [2.24, 2.45) is 0 Å². The third-order valence-corrected chi connectivity index (χ3v) is 4.20. The Hall–Kier alpha value is -1.43. The number of nitrogens with one attached hydrogen (secondary N) is 2. The Kier molecular flexibility index (Phi) is 5.73. The van der Waals surface area contributed by atoms with Gasteiger partial charge in [-0.1, -0.05) is 29.3 Å². The zero-order chi connectivity index (χ0) is 15.2. The lowest BCUT2D eigenvalue weighted by Gasteiger charge is -2.10. The van der Waals surface area contributed by atoms with Gasteiger partial charge in [-0.15, -0.1) is 11.3 Å². The summed E-state index contributed by atoms with van der Waals surface area (Å²) in [5, 5.41) is 8.16. The lowest BCUT2D eigenvalue weighted by Crippen LogP contribution is -2.30. The first-order chi connectivity index (χ1) is 10.1. The third-order valence-electron chi connectivity index (χ3n) is 2.70. The second kappa shape index (κ2) is 7.54. The molecule has 0 unspecified atom stereocenters. The molecule has 7 heteroatoms. The van der Waals surface area contributed by atoms with Crippen LogP contribution in [0.15, 0.2) is 29.6 Å². The number of carbonyl (C=O) groups is 1. The smallest absolute Gasteiger partial charge is 0.319 e. The summed E-state index contributed by atoms with van der Waals surface area (Å²) in [6.07, 6.45) is 0.801. The van der Waals surface area contributed by atoms with E-state index in [1.807, 2.05) is 17.5 Å². The number of thiophene rings is 1. The SMILES string of the molecule is COc1c(Cl)cc(NC(=O)NCCc2cccs2)cc1Cl. The van der Waals surface area contributed by atoms with E-state index in [2.05, 4.69) is 10.6 Å². The molecule has 0 aliphatic heterocycles. The topological polar surface area (TPSA) is 50.4 Å². The fraction of sp³-hybridized carbons (Fsp3) is 0.214. The molecule has 0 aliphatic carbocycles. The molecule has 0 spiro atoms. The molecular formula is C14H14Cl2N2O2S. The molecule has 112 valence electrons. The molecule has 1 heterocycles. The highest BCUT2D eigenvalue weighted by molar-refractivity contribution is 7.09. The Morgan fingerprint density at radius 3 is 2.62 bits per heavy atom. The van der Waals surface area contributed by atoms with Crippen molar-refractivity contribution in [3.63, 3.8) is 0 Å². The molecular weight excluding hydrogens is 331 g/mol. The van der Waals surface area contributed by atoms with Gasteiger partial charge in [0.05, 0.1) is 17.2 Å². The molecule has 0 saturated heterocycles. The number of ether oxygens (including phenoxy) is 1. The molecule has 1 aromatic heterocycles. The Balaban J connectivity index is 1.87. The highest BCUT2D eigenvalue weighted by Crippen LogP contribution is 2.35. The first kappa shape index (κ1) is 15.9. The predicted molar refractivity (Wildman–Crippen MR) is 88.1 cm³/mol. The van der Waals surface area contributed by atoms with Gasteiger partial charge >= 0.3 is 6.03 Å². The molecule has 0 fully saturated rings. The number of halogens is 2. The van der Waals surface area contributed by atoms with Crippen LogP contribution in [0.25, 0.3) is 0 Å². The Morgan fingerprint density at radius 2 is 2.05 bits per heavy atom. The maximum atomic E-state index is 11.8. The summed E-state index contributed by atoms with van der Waals surface area (Å²) in [7, 11) is 1.48. The molecule has 21 heavy (non-hydrogen) atoms. The van der Waals surface area contributed by atoms with E-state index in [0.29, 0.717) is 28.0 Å². The van der Waals surface area contributed by atoms with Gasteiger partial charge in [-0.25, -0.2) is 4.79 Å². The fourth-order valence-corrected chi connectivity index (χ4v) is 3.11. The van der Waals surface area contributed by atoms with Crippen molar-refractivity contribution >= 4 is 46.3 Å². The average molecular weight is 345 g/mol. The zero-order valence-corrected chi connectivity index (χ0v) is 13.6. The number of hydrogen-bond acceptors (Lipinski definition) is 3. The molecule has 2 rings (SSSR count). The van der Waals surface area contributed by atoms with Crippen LogP contribution in [0.1, 0.15) is 4.88 Å². The van der Waals surface area contributed by atoms with Crippen molar-refractivity contribution in [3.05, 3.63) is 44.6 Å². The van der Waals surface area contributed by atoms with Crippen LogP contribution >= 0.6 is 34.5 Å². The van der Waals surface area contributed by atoms with Crippen molar-refractivity contribution < 1.29 is 9.53 Å². The Labute approximate surface area is 137 Å². The van der Waals surface area contributed by atoms with Crippen LogP contribution in [-0.2, 0) is 6.42 Å². The molecule has 1 aromatic carbocycles. The lowest BCUT2D eigenvalue weighted by molar-refractivity contribution is 0.252. The van der Waals surface area contributed by atoms with Gasteiger partial charge in [-0.05, 0) is 30.0 Å². The molecule has 0 atom stereocenters. The van der Waals surface area contributed by atoms with E-state index in [4.69, 9.17) is 27.9 Å². The maximum Gasteiger partial charge on any atom is 0.319 e. The second-order valence-corrected chi connectivity index (χ2v) is 6.03. The molecule has 0 bridgehead atoms. The van der Waals surface area contributed by atoms with Crippen LogP contribution in [0.4, 0.5) is 10.5 Å². The van der Waals surface area contributed by atoms with E-state index in [1.54, 1.807) is 23.5 Å². The van der Waals surface area contributed by atoms with E-state index in [-0.39, 0.29) is 6.03 Å². The summed E-state index contributed by atoms with van der Waals surface area (Å²) in [4.78, 5) is 13.0. The largest absolute Gasteiger partial charge is 0.494 e. The molecule has 2 amide bonds.